The number of nitrogens with zero attached hydrogens (tertiary/aromatic N) is 2. The lowest BCUT2D eigenvalue weighted by molar-refractivity contribution is 0.171. The molecule has 0 saturated heterocycles. The lowest BCUT2D eigenvalue weighted by Gasteiger charge is -2.19. The summed E-state index contributed by atoms with van der Waals surface area (Å²) in [6.07, 6.45) is 1.68. The van der Waals surface area contributed by atoms with Crippen molar-refractivity contribution < 1.29 is 9.47 Å². The Morgan fingerprint density at radius 2 is 2.00 bits per heavy atom. The second-order valence-corrected chi connectivity index (χ2v) is 4.49. The van der Waals surface area contributed by atoms with Crippen LogP contribution in [-0.4, -0.2) is 23.2 Å². The Hall–Kier alpha value is -2.01. The molecule has 98 valence electrons. The second kappa shape index (κ2) is 4.93. The summed E-state index contributed by atoms with van der Waals surface area (Å²) in [5, 5.41) is 3.41. The van der Waals surface area contributed by atoms with E-state index in [2.05, 4.69) is 15.3 Å². The van der Waals surface area contributed by atoms with Gasteiger partial charge in [0.2, 0.25) is 5.28 Å². The molecule has 0 saturated carbocycles. The molecule has 3 rings (SSSR count). The van der Waals surface area contributed by atoms with Gasteiger partial charge in [-0.05, 0) is 30.7 Å². The Bertz CT molecular complexity index is 619. The molecule has 5 nitrogen and oxygen atoms in total. The molecule has 2 heterocycles. The molecule has 0 aliphatic carbocycles. The van der Waals surface area contributed by atoms with E-state index in [4.69, 9.17) is 21.1 Å². The molecule has 6 heteroatoms. The third-order valence-corrected chi connectivity index (χ3v) is 2.93. The molecule has 0 spiro atoms. The predicted octanol–water partition coefficient (Wildman–Crippen LogP) is 2.95. The van der Waals surface area contributed by atoms with Crippen LogP contribution in [0.3, 0.4) is 0 Å². The average Bonchev–Trinajstić information content (AvgIpc) is 2.43. The van der Waals surface area contributed by atoms with Crippen molar-refractivity contribution in [3.63, 3.8) is 0 Å². The maximum absolute atomic E-state index is 5.79. The molecule has 1 aromatic carbocycles. The number of aryl methyl sites for hydroxylation is 1. The number of rotatable bonds is 2. The molecular weight excluding hydrogens is 266 g/mol. The maximum atomic E-state index is 5.79. The summed E-state index contributed by atoms with van der Waals surface area (Å²) >= 11 is 5.79. The van der Waals surface area contributed by atoms with Crippen molar-refractivity contribution in [2.24, 2.45) is 0 Å². The molecule has 1 aliphatic rings. The van der Waals surface area contributed by atoms with Crippen LogP contribution in [0.4, 0.5) is 11.5 Å². The van der Waals surface area contributed by atoms with Gasteiger partial charge in [-0.15, -0.1) is 0 Å². The van der Waals surface area contributed by atoms with Crippen molar-refractivity contribution in [2.75, 3.05) is 18.5 Å². The van der Waals surface area contributed by atoms with Crippen LogP contribution < -0.4 is 14.8 Å². The highest BCUT2D eigenvalue weighted by atomic mass is 35.5. The van der Waals surface area contributed by atoms with Gasteiger partial charge in [-0.1, -0.05) is 0 Å². The van der Waals surface area contributed by atoms with Gasteiger partial charge in [-0.25, -0.2) is 9.97 Å². The second-order valence-electron chi connectivity index (χ2n) is 4.15. The van der Waals surface area contributed by atoms with Gasteiger partial charge in [0.25, 0.3) is 0 Å². The molecule has 0 unspecified atom stereocenters. The summed E-state index contributed by atoms with van der Waals surface area (Å²) in [5.41, 5.74) is 1.78. The normalized spacial score (nSPS) is 13.2. The van der Waals surface area contributed by atoms with E-state index < -0.39 is 0 Å². The minimum atomic E-state index is 0.214. The number of hydrogen-bond acceptors (Lipinski definition) is 5. The summed E-state index contributed by atoms with van der Waals surface area (Å²) in [5.74, 6) is 2.17. The van der Waals surface area contributed by atoms with Gasteiger partial charge in [-0.3, -0.25) is 0 Å². The first-order valence-corrected chi connectivity index (χ1v) is 6.26. The highest BCUT2D eigenvalue weighted by Crippen LogP contribution is 2.33. The number of ether oxygens (including phenoxy) is 2. The summed E-state index contributed by atoms with van der Waals surface area (Å²) in [6.45, 7) is 3.06. The zero-order valence-corrected chi connectivity index (χ0v) is 11.1. The van der Waals surface area contributed by atoms with Gasteiger partial charge in [0, 0.05) is 23.5 Å². The Balaban J connectivity index is 1.89. The van der Waals surface area contributed by atoms with Crippen LogP contribution >= 0.6 is 11.6 Å². The van der Waals surface area contributed by atoms with Crippen molar-refractivity contribution in [1.29, 1.82) is 0 Å². The number of aromatic nitrogens is 2. The van der Waals surface area contributed by atoms with Crippen LogP contribution in [0.1, 0.15) is 5.56 Å². The zero-order valence-electron chi connectivity index (χ0n) is 10.3. The van der Waals surface area contributed by atoms with Crippen LogP contribution in [0.15, 0.2) is 24.4 Å². The summed E-state index contributed by atoms with van der Waals surface area (Å²) in [4.78, 5) is 8.07. The van der Waals surface area contributed by atoms with Crippen molar-refractivity contribution in [3.8, 4) is 11.5 Å². The number of anilines is 2. The van der Waals surface area contributed by atoms with Gasteiger partial charge in [0.15, 0.2) is 11.5 Å². The van der Waals surface area contributed by atoms with E-state index in [0.717, 1.165) is 22.7 Å². The van der Waals surface area contributed by atoms with E-state index in [1.807, 2.05) is 25.1 Å². The third-order valence-electron chi connectivity index (χ3n) is 2.75. The first-order valence-electron chi connectivity index (χ1n) is 5.88. The Kier molecular flexibility index (Phi) is 3.13. The Morgan fingerprint density at radius 1 is 1.21 bits per heavy atom. The van der Waals surface area contributed by atoms with E-state index in [0.29, 0.717) is 19.0 Å². The first kappa shape index (κ1) is 12.0. The van der Waals surface area contributed by atoms with E-state index in [1.165, 1.54) is 0 Å². The van der Waals surface area contributed by atoms with Crippen LogP contribution in [-0.2, 0) is 0 Å². The standard InChI is InChI=1S/C13H12ClN3O2/c1-8-7-15-13(14)17-12(8)16-9-2-3-10-11(6-9)19-5-4-18-10/h2-3,6-7H,4-5H2,1H3,(H,15,16,17). The molecule has 1 N–H and O–H groups in total. The quantitative estimate of drug-likeness (QED) is 0.855. The molecule has 19 heavy (non-hydrogen) atoms. The molecule has 1 aliphatic heterocycles. The van der Waals surface area contributed by atoms with Crippen molar-refractivity contribution in [2.45, 2.75) is 6.92 Å². The Morgan fingerprint density at radius 3 is 2.84 bits per heavy atom. The topological polar surface area (TPSA) is 56.3 Å². The number of hydrogen-bond donors (Lipinski definition) is 1. The van der Waals surface area contributed by atoms with Crippen molar-refractivity contribution in [1.82, 2.24) is 9.97 Å². The number of fused-ring (bicyclic) bond motifs is 1. The van der Waals surface area contributed by atoms with Gasteiger partial charge in [-0.2, -0.15) is 0 Å². The fourth-order valence-electron chi connectivity index (χ4n) is 1.80. The van der Waals surface area contributed by atoms with Crippen LogP contribution in [0.2, 0.25) is 5.28 Å². The van der Waals surface area contributed by atoms with Crippen molar-refractivity contribution >= 4 is 23.1 Å². The fraction of sp³-hybridized carbons (Fsp3) is 0.231. The number of benzene rings is 1. The fourth-order valence-corrected chi connectivity index (χ4v) is 1.94. The SMILES string of the molecule is Cc1cnc(Cl)nc1Nc1ccc2c(c1)OCCO2. The minimum absolute atomic E-state index is 0.214. The summed E-state index contributed by atoms with van der Waals surface area (Å²) in [6, 6.07) is 5.65. The van der Waals surface area contributed by atoms with Crippen LogP contribution in [0.5, 0.6) is 11.5 Å². The van der Waals surface area contributed by atoms with Gasteiger partial charge in [0.1, 0.15) is 19.0 Å². The van der Waals surface area contributed by atoms with E-state index in [1.54, 1.807) is 6.20 Å². The summed E-state index contributed by atoms with van der Waals surface area (Å²) in [7, 11) is 0. The predicted molar refractivity (Wildman–Crippen MR) is 72.5 cm³/mol. The lowest BCUT2D eigenvalue weighted by Crippen LogP contribution is -2.15. The maximum Gasteiger partial charge on any atom is 0.224 e. The largest absolute Gasteiger partial charge is 0.486 e. The number of nitrogens with one attached hydrogen (secondary N) is 1. The number of halogens is 1. The monoisotopic (exact) mass is 277 g/mol. The van der Waals surface area contributed by atoms with E-state index in [9.17, 15) is 0 Å². The zero-order chi connectivity index (χ0) is 13.2. The molecule has 0 radical (unpaired) electrons. The highest BCUT2D eigenvalue weighted by molar-refractivity contribution is 6.28. The van der Waals surface area contributed by atoms with Gasteiger partial charge >= 0.3 is 0 Å². The molecule has 0 amide bonds. The molecular formula is C13H12ClN3O2. The molecule has 0 bridgehead atoms. The van der Waals surface area contributed by atoms with Crippen LogP contribution in [0, 0.1) is 6.92 Å². The average molecular weight is 278 g/mol. The first-order chi connectivity index (χ1) is 9.22. The molecule has 2 aromatic rings. The summed E-state index contributed by atoms with van der Waals surface area (Å²) < 4.78 is 11.0. The smallest absolute Gasteiger partial charge is 0.224 e. The third kappa shape index (κ3) is 2.56. The van der Waals surface area contributed by atoms with Crippen LogP contribution in [0.25, 0.3) is 0 Å². The highest BCUT2D eigenvalue weighted by Gasteiger charge is 2.12. The van der Waals surface area contributed by atoms with Crippen molar-refractivity contribution in [3.05, 3.63) is 35.2 Å². The lowest BCUT2D eigenvalue weighted by atomic mass is 10.2. The Labute approximate surface area is 115 Å². The minimum Gasteiger partial charge on any atom is -0.486 e. The van der Waals surface area contributed by atoms with E-state index >= 15 is 0 Å². The molecule has 0 fully saturated rings. The molecule has 1 aromatic heterocycles. The van der Waals surface area contributed by atoms with E-state index in [-0.39, 0.29) is 5.28 Å². The van der Waals surface area contributed by atoms with Gasteiger partial charge < -0.3 is 14.8 Å². The van der Waals surface area contributed by atoms with Gasteiger partial charge in [0.05, 0.1) is 0 Å². The molecule has 0 atom stereocenters.